The lowest BCUT2D eigenvalue weighted by Crippen LogP contribution is -2.20. The minimum atomic E-state index is -0.951. The summed E-state index contributed by atoms with van der Waals surface area (Å²) in [6, 6.07) is 0. The Morgan fingerprint density at radius 2 is 1.91 bits per heavy atom. The van der Waals surface area contributed by atoms with Gasteiger partial charge in [-0.05, 0) is 0 Å². The summed E-state index contributed by atoms with van der Waals surface area (Å²) in [5.74, 6) is -1.16. The van der Waals surface area contributed by atoms with Gasteiger partial charge in [0.15, 0.2) is 0 Å². The van der Waals surface area contributed by atoms with Crippen LogP contribution in [-0.2, 0) is 19.1 Å². The maximum atomic E-state index is 10.6. The number of halogens is 1. The third-order valence-corrected chi connectivity index (χ3v) is 1.36. The van der Waals surface area contributed by atoms with Crippen LogP contribution in [-0.4, -0.2) is 31.5 Å². The molecular formula is C6H9ClO4. The topological polar surface area (TPSA) is 52.6 Å². The number of alkyl halides is 1. The Bertz CT molecular complexity index is 157. The first-order chi connectivity index (χ1) is 5.11. The van der Waals surface area contributed by atoms with E-state index in [0.717, 1.165) is 0 Å². The van der Waals surface area contributed by atoms with Crippen LogP contribution in [0.2, 0.25) is 0 Å². The molecule has 0 heterocycles. The van der Waals surface area contributed by atoms with Crippen LogP contribution in [0.15, 0.2) is 0 Å². The molecular weight excluding hydrogens is 172 g/mol. The van der Waals surface area contributed by atoms with Crippen LogP contribution in [0.3, 0.4) is 0 Å². The van der Waals surface area contributed by atoms with Gasteiger partial charge in [-0.1, -0.05) is 0 Å². The summed E-state index contributed by atoms with van der Waals surface area (Å²) in [6.07, 6.45) is -0.162. The highest BCUT2D eigenvalue weighted by Crippen LogP contribution is 2.04. The van der Waals surface area contributed by atoms with Crippen LogP contribution < -0.4 is 0 Å². The largest absolute Gasteiger partial charge is 0.469 e. The van der Waals surface area contributed by atoms with Gasteiger partial charge in [0, 0.05) is 0 Å². The minimum absolute atomic E-state index is 0.162. The molecule has 0 radical (unpaired) electrons. The molecule has 0 aliphatic rings. The summed E-state index contributed by atoms with van der Waals surface area (Å²) < 4.78 is 8.56. The van der Waals surface area contributed by atoms with E-state index in [-0.39, 0.29) is 6.42 Å². The Hall–Kier alpha value is -0.770. The van der Waals surface area contributed by atoms with Gasteiger partial charge in [-0.25, -0.2) is 0 Å². The number of methoxy groups -OCH3 is 2. The van der Waals surface area contributed by atoms with Gasteiger partial charge in [0.05, 0.1) is 20.6 Å². The van der Waals surface area contributed by atoms with Gasteiger partial charge in [-0.2, -0.15) is 0 Å². The third kappa shape index (κ3) is 3.83. The summed E-state index contributed by atoms with van der Waals surface area (Å²) in [6.45, 7) is 0. The Morgan fingerprint density at radius 1 is 1.36 bits per heavy atom. The maximum Gasteiger partial charge on any atom is 0.324 e. The van der Waals surface area contributed by atoms with Gasteiger partial charge in [0.1, 0.15) is 5.38 Å². The lowest BCUT2D eigenvalue weighted by molar-refractivity contribution is -0.146. The number of hydrogen-bond donors (Lipinski definition) is 0. The van der Waals surface area contributed by atoms with E-state index in [1.165, 1.54) is 14.2 Å². The Morgan fingerprint density at radius 3 is 2.27 bits per heavy atom. The quantitative estimate of drug-likeness (QED) is 0.464. The van der Waals surface area contributed by atoms with Gasteiger partial charge in [0.2, 0.25) is 0 Å². The summed E-state index contributed by atoms with van der Waals surface area (Å²) in [4.78, 5) is 21.1. The molecule has 0 fully saturated rings. The molecule has 0 aliphatic carbocycles. The van der Waals surface area contributed by atoms with Crippen molar-refractivity contribution in [3.63, 3.8) is 0 Å². The first-order valence-corrected chi connectivity index (χ1v) is 3.34. The van der Waals surface area contributed by atoms with Crippen molar-refractivity contribution < 1.29 is 19.1 Å². The Kier molecular flexibility index (Phi) is 4.61. The third-order valence-electron chi connectivity index (χ3n) is 1.03. The van der Waals surface area contributed by atoms with Crippen molar-refractivity contribution in [2.45, 2.75) is 11.8 Å². The minimum Gasteiger partial charge on any atom is -0.469 e. The van der Waals surface area contributed by atoms with E-state index in [2.05, 4.69) is 9.47 Å². The van der Waals surface area contributed by atoms with Crippen molar-refractivity contribution >= 4 is 23.5 Å². The zero-order chi connectivity index (χ0) is 8.85. The standard InChI is InChI=1S/C6H9ClO4/c1-10-5(8)3-4(7)6(9)11-2/h4H,3H2,1-2H3/t4-/m0/s1. The summed E-state index contributed by atoms with van der Waals surface area (Å²) >= 11 is 5.43. The highest BCUT2D eigenvalue weighted by molar-refractivity contribution is 6.30. The van der Waals surface area contributed by atoms with E-state index in [1.807, 2.05) is 0 Å². The molecule has 0 rings (SSSR count). The molecule has 64 valence electrons. The summed E-state index contributed by atoms with van der Waals surface area (Å²) in [5.41, 5.74) is 0. The fourth-order valence-electron chi connectivity index (χ4n) is 0.441. The molecule has 11 heavy (non-hydrogen) atoms. The Balaban J connectivity index is 3.77. The first kappa shape index (κ1) is 10.2. The molecule has 0 bridgehead atoms. The number of rotatable bonds is 3. The second kappa shape index (κ2) is 4.96. The highest BCUT2D eigenvalue weighted by atomic mass is 35.5. The van der Waals surface area contributed by atoms with E-state index >= 15 is 0 Å². The lowest BCUT2D eigenvalue weighted by atomic mass is 10.3. The van der Waals surface area contributed by atoms with Crippen LogP contribution >= 0.6 is 11.6 Å². The molecule has 5 heteroatoms. The normalized spacial score (nSPS) is 11.9. The second-order valence-corrected chi connectivity index (χ2v) is 2.30. The van der Waals surface area contributed by atoms with E-state index in [9.17, 15) is 9.59 Å². The molecule has 0 aromatic heterocycles. The fraction of sp³-hybridized carbons (Fsp3) is 0.667. The van der Waals surface area contributed by atoms with Gasteiger partial charge in [0.25, 0.3) is 0 Å². The van der Waals surface area contributed by atoms with Crippen LogP contribution in [0.25, 0.3) is 0 Å². The van der Waals surface area contributed by atoms with Gasteiger partial charge in [-0.15, -0.1) is 11.6 Å². The second-order valence-electron chi connectivity index (χ2n) is 1.77. The maximum absolute atomic E-state index is 10.6. The van der Waals surface area contributed by atoms with E-state index in [0.29, 0.717) is 0 Å². The molecule has 0 amide bonds. The average Bonchev–Trinajstić information content (AvgIpc) is 2.02. The number of carbonyl (C=O) groups is 2. The summed E-state index contributed by atoms with van der Waals surface area (Å²) in [5, 5.41) is -0.951. The Labute approximate surface area is 69.4 Å². The lowest BCUT2D eigenvalue weighted by Gasteiger charge is -2.04. The van der Waals surface area contributed by atoms with E-state index in [1.54, 1.807) is 0 Å². The van der Waals surface area contributed by atoms with Crippen molar-refractivity contribution in [2.75, 3.05) is 14.2 Å². The van der Waals surface area contributed by atoms with Crippen LogP contribution in [0, 0.1) is 0 Å². The van der Waals surface area contributed by atoms with E-state index < -0.39 is 17.3 Å². The first-order valence-electron chi connectivity index (χ1n) is 2.90. The molecule has 0 unspecified atom stereocenters. The molecule has 0 aromatic carbocycles. The molecule has 0 aliphatic heterocycles. The number of esters is 2. The van der Waals surface area contributed by atoms with Gasteiger partial charge >= 0.3 is 11.9 Å². The SMILES string of the molecule is COC(=O)C[C@H](Cl)C(=O)OC. The van der Waals surface area contributed by atoms with E-state index in [4.69, 9.17) is 11.6 Å². The highest BCUT2D eigenvalue weighted by Gasteiger charge is 2.19. The zero-order valence-corrected chi connectivity index (χ0v) is 7.05. The molecule has 0 aromatic rings. The molecule has 4 nitrogen and oxygen atoms in total. The van der Waals surface area contributed by atoms with Crippen molar-refractivity contribution in [1.82, 2.24) is 0 Å². The molecule has 0 saturated carbocycles. The van der Waals surface area contributed by atoms with Crippen molar-refractivity contribution in [3.8, 4) is 0 Å². The average molecular weight is 181 g/mol. The fourth-order valence-corrected chi connectivity index (χ4v) is 0.656. The smallest absolute Gasteiger partial charge is 0.324 e. The summed E-state index contributed by atoms with van der Waals surface area (Å²) in [7, 11) is 2.43. The van der Waals surface area contributed by atoms with Gasteiger partial charge in [-0.3, -0.25) is 9.59 Å². The van der Waals surface area contributed by atoms with Crippen LogP contribution in [0.5, 0.6) is 0 Å². The predicted molar refractivity (Wildman–Crippen MR) is 38.3 cm³/mol. The molecule has 0 N–H and O–H groups in total. The van der Waals surface area contributed by atoms with Crippen molar-refractivity contribution in [2.24, 2.45) is 0 Å². The monoisotopic (exact) mass is 180 g/mol. The number of hydrogen-bond acceptors (Lipinski definition) is 4. The molecule has 0 saturated heterocycles. The van der Waals surface area contributed by atoms with Gasteiger partial charge < -0.3 is 9.47 Å². The molecule has 1 atom stereocenters. The number of ether oxygens (including phenoxy) is 2. The molecule has 0 spiro atoms. The van der Waals surface area contributed by atoms with Crippen molar-refractivity contribution in [1.29, 1.82) is 0 Å². The number of carbonyl (C=O) groups excluding carboxylic acids is 2. The van der Waals surface area contributed by atoms with Crippen LogP contribution in [0.1, 0.15) is 6.42 Å². The predicted octanol–water partition coefficient (Wildman–Crippen LogP) is 0.330. The van der Waals surface area contributed by atoms with Crippen molar-refractivity contribution in [3.05, 3.63) is 0 Å². The van der Waals surface area contributed by atoms with Crippen LogP contribution in [0.4, 0.5) is 0 Å². The zero-order valence-electron chi connectivity index (χ0n) is 6.30.